The first-order valence-electron chi connectivity index (χ1n) is 8.14. The summed E-state index contributed by atoms with van der Waals surface area (Å²) in [6, 6.07) is 14.5. The number of amides is 1. The average molecular weight is 401 g/mol. The van der Waals surface area contributed by atoms with E-state index in [9.17, 15) is 4.79 Å². The van der Waals surface area contributed by atoms with E-state index in [1.165, 1.54) is 0 Å². The Hall–Kier alpha value is -2.90. The molecule has 4 aromatic rings. The molecule has 136 valence electrons. The molecule has 0 fully saturated rings. The van der Waals surface area contributed by atoms with E-state index in [1.54, 1.807) is 33.8 Å². The van der Waals surface area contributed by atoms with Gasteiger partial charge in [-0.15, -0.1) is 5.10 Å². The van der Waals surface area contributed by atoms with Crippen LogP contribution in [0.1, 0.15) is 5.56 Å². The SMILES string of the molecule is O=C(Cn1nnc2ccccc21)Nc1ccnn1Cc1ccc(Cl)cc1Cl. The van der Waals surface area contributed by atoms with Crippen LogP contribution in [0.25, 0.3) is 11.0 Å². The van der Waals surface area contributed by atoms with E-state index in [1.807, 2.05) is 30.3 Å². The van der Waals surface area contributed by atoms with Gasteiger partial charge in [0.15, 0.2) is 0 Å². The molecule has 2 aromatic carbocycles. The van der Waals surface area contributed by atoms with Crippen molar-refractivity contribution in [1.82, 2.24) is 24.8 Å². The van der Waals surface area contributed by atoms with Crippen LogP contribution in [0.4, 0.5) is 5.82 Å². The third kappa shape index (κ3) is 3.79. The Bertz CT molecular complexity index is 1120. The number of carbonyl (C=O) groups is 1. The van der Waals surface area contributed by atoms with E-state index < -0.39 is 0 Å². The van der Waals surface area contributed by atoms with Gasteiger partial charge in [0.25, 0.3) is 0 Å². The number of carbonyl (C=O) groups excluding carboxylic acids is 1. The average Bonchev–Trinajstić information content (AvgIpc) is 3.25. The monoisotopic (exact) mass is 400 g/mol. The van der Waals surface area contributed by atoms with Crippen molar-refractivity contribution < 1.29 is 4.79 Å². The number of nitrogens with one attached hydrogen (secondary N) is 1. The lowest BCUT2D eigenvalue weighted by Gasteiger charge is -2.10. The van der Waals surface area contributed by atoms with Gasteiger partial charge in [-0.1, -0.05) is 46.6 Å². The van der Waals surface area contributed by atoms with Gasteiger partial charge in [-0.2, -0.15) is 5.10 Å². The lowest BCUT2D eigenvalue weighted by molar-refractivity contribution is -0.116. The molecule has 0 unspecified atom stereocenters. The summed E-state index contributed by atoms with van der Waals surface area (Å²) in [4.78, 5) is 12.5. The molecule has 0 spiro atoms. The summed E-state index contributed by atoms with van der Waals surface area (Å²) < 4.78 is 3.22. The molecular formula is C18H14Cl2N6O. The summed E-state index contributed by atoms with van der Waals surface area (Å²) in [6.07, 6.45) is 1.62. The summed E-state index contributed by atoms with van der Waals surface area (Å²) in [7, 11) is 0. The predicted octanol–water partition coefficient (Wildman–Crippen LogP) is 3.62. The van der Waals surface area contributed by atoms with Gasteiger partial charge in [-0.05, 0) is 29.8 Å². The molecule has 0 atom stereocenters. The number of aromatic nitrogens is 5. The van der Waals surface area contributed by atoms with E-state index in [0.29, 0.717) is 22.4 Å². The van der Waals surface area contributed by atoms with Crippen LogP contribution in [-0.2, 0) is 17.9 Å². The highest BCUT2D eigenvalue weighted by Gasteiger charge is 2.12. The van der Waals surface area contributed by atoms with Crippen LogP contribution in [-0.4, -0.2) is 30.7 Å². The number of halogens is 2. The molecule has 1 N–H and O–H groups in total. The van der Waals surface area contributed by atoms with Crippen molar-refractivity contribution in [3.63, 3.8) is 0 Å². The second kappa shape index (κ2) is 7.38. The van der Waals surface area contributed by atoms with Gasteiger partial charge in [-0.3, -0.25) is 4.79 Å². The molecule has 0 radical (unpaired) electrons. The molecule has 0 bridgehead atoms. The summed E-state index contributed by atoms with van der Waals surface area (Å²) in [6.45, 7) is 0.457. The standard InChI is InChI=1S/C18H14Cl2N6O/c19-13-6-5-12(14(20)9-13)10-26-17(7-8-21-26)22-18(27)11-25-16-4-2-1-3-15(16)23-24-25/h1-9H,10-11H2,(H,22,27). The maximum absolute atomic E-state index is 12.5. The van der Waals surface area contributed by atoms with Crippen LogP contribution in [0, 0.1) is 0 Å². The van der Waals surface area contributed by atoms with Gasteiger partial charge in [0.1, 0.15) is 17.9 Å². The highest BCUT2D eigenvalue weighted by Crippen LogP contribution is 2.22. The van der Waals surface area contributed by atoms with Crippen molar-refractivity contribution in [2.75, 3.05) is 5.32 Å². The minimum atomic E-state index is -0.227. The van der Waals surface area contributed by atoms with Crippen LogP contribution < -0.4 is 5.32 Å². The van der Waals surface area contributed by atoms with Gasteiger partial charge >= 0.3 is 0 Å². The van der Waals surface area contributed by atoms with Crippen molar-refractivity contribution >= 4 is 46.0 Å². The third-order valence-corrected chi connectivity index (χ3v) is 4.62. The molecule has 2 aromatic heterocycles. The van der Waals surface area contributed by atoms with Gasteiger partial charge < -0.3 is 5.32 Å². The largest absolute Gasteiger partial charge is 0.309 e. The van der Waals surface area contributed by atoms with Gasteiger partial charge in [0.2, 0.25) is 5.91 Å². The molecule has 0 aliphatic carbocycles. The Morgan fingerprint density at radius 2 is 1.93 bits per heavy atom. The van der Waals surface area contributed by atoms with Gasteiger partial charge in [0, 0.05) is 16.1 Å². The van der Waals surface area contributed by atoms with Crippen LogP contribution in [0.3, 0.4) is 0 Å². The minimum Gasteiger partial charge on any atom is -0.309 e. The number of para-hydroxylation sites is 1. The van der Waals surface area contributed by atoms with Crippen LogP contribution >= 0.6 is 23.2 Å². The Labute approximate surface area is 164 Å². The molecule has 0 aliphatic heterocycles. The third-order valence-electron chi connectivity index (χ3n) is 4.03. The molecule has 0 saturated heterocycles. The first-order chi connectivity index (χ1) is 13.1. The zero-order valence-electron chi connectivity index (χ0n) is 14.0. The molecule has 27 heavy (non-hydrogen) atoms. The smallest absolute Gasteiger partial charge is 0.247 e. The Kier molecular flexibility index (Phi) is 4.79. The van der Waals surface area contributed by atoms with Crippen molar-refractivity contribution in [3.8, 4) is 0 Å². The number of fused-ring (bicyclic) bond motifs is 1. The van der Waals surface area contributed by atoms with Crippen LogP contribution in [0.5, 0.6) is 0 Å². The highest BCUT2D eigenvalue weighted by atomic mass is 35.5. The highest BCUT2D eigenvalue weighted by molar-refractivity contribution is 6.35. The normalized spacial score (nSPS) is 11.0. The van der Waals surface area contributed by atoms with Crippen molar-refractivity contribution in [2.24, 2.45) is 0 Å². The molecule has 1 amide bonds. The Morgan fingerprint density at radius 3 is 2.78 bits per heavy atom. The first-order valence-corrected chi connectivity index (χ1v) is 8.89. The van der Waals surface area contributed by atoms with E-state index >= 15 is 0 Å². The molecule has 0 aliphatic rings. The van der Waals surface area contributed by atoms with Gasteiger partial charge in [-0.25, -0.2) is 9.36 Å². The lowest BCUT2D eigenvalue weighted by Crippen LogP contribution is -2.21. The fourth-order valence-corrected chi connectivity index (χ4v) is 3.20. The van der Waals surface area contributed by atoms with Crippen molar-refractivity contribution in [2.45, 2.75) is 13.1 Å². The number of nitrogens with zero attached hydrogens (tertiary/aromatic N) is 5. The van der Waals surface area contributed by atoms with E-state index in [2.05, 4.69) is 20.7 Å². The Morgan fingerprint density at radius 1 is 1.07 bits per heavy atom. The Balaban J connectivity index is 1.48. The van der Waals surface area contributed by atoms with E-state index in [-0.39, 0.29) is 12.5 Å². The number of rotatable bonds is 5. The fraction of sp³-hybridized carbons (Fsp3) is 0.111. The summed E-state index contributed by atoms with van der Waals surface area (Å²) in [5.41, 5.74) is 2.39. The molecule has 7 nitrogen and oxygen atoms in total. The van der Waals surface area contributed by atoms with Gasteiger partial charge in [0.05, 0.1) is 18.3 Å². The molecule has 4 rings (SSSR count). The number of benzene rings is 2. The molecule has 9 heteroatoms. The zero-order chi connectivity index (χ0) is 18.8. The second-order valence-corrected chi connectivity index (χ2v) is 6.74. The zero-order valence-corrected chi connectivity index (χ0v) is 15.5. The number of hydrogen-bond acceptors (Lipinski definition) is 4. The molecule has 2 heterocycles. The number of hydrogen-bond donors (Lipinski definition) is 1. The van der Waals surface area contributed by atoms with Crippen molar-refractivity contribution in [1.29, 1.82) is 0 Å². The lowest BCUT2D eigenvalue weighted by atomic mass is 10.2. The van der Waals surface area contributed by atoms with E-state index in [4.69, 9.17) is 23.2 Å². The van der Waals surface area contributed by atoms with Crippen LogP contribution in [0.15, 0.2) is 54.7 Å². The topological polar surface area (TPSA) is 77.6 Å². The number of anilines is 1. The molecule has 0 saturated carbocycles. The summed E-state index contributed by atoms with van der Waals surface area (Å²) in [5, 5.41) is 16.3. The maximum atomic E-state index is 12.5. The molecular weight excluding hydrogens is 387 g/mol. The van der Waals surface area contributed by atoms with E-state index in [0.717, 1.165) is 16.6 Å². The first kappa shape index (κ1) is 17.5. The summed E-state index contributed by atoms with van der Waals surface area (Å²) in [5.74, 6) is 0.338. The fourth-order valence-electron chi connectivity index (χ4n) is 2.73. The minimum absolute atomic E-state index is 0.0490. The van der Waals surface area contributed by atoms with Crippen LogP contribution in [0.2, 0.25) is 10.0 Å². The summed E-state index contributed by atoms with van der Waals surface area (Å²) >= 11 is 12.2. The predicted molar refractivity (Wildman–Crippen MR) is 104 cm³/mol. The maximum Gasteiger partial charge on any atom is 0.247 e. The second-order valence-electron chi connectivity index (χ2n) is 5.89. The quantitative estimate of drug-likeness (QED) is 0.554. The van der Waals surface area contributed by atoms with Crippen molar-refractivity contribution in [3.05, 3.63) is 70.3 Å².